The fourth-order valence-electron chi connectivity index (χ4n) is 2.94. The van der Waals surface area contributed by atoms with Crippen molar-refractivity contribution in [1.29, 1.82) is 5.26 Å². The van der Waals surface area contributed by atoms with E-state index in [1.54, 1.807) is 12.4 Å². The van der Waals surface area contributed by atoms with Gasteiger partial charge in [0.05, 0.1) is 23.9 Å². The number of nitrogens with zero attached hydrogens (tertiary/aromatic N) is 3. The van der Waals surface area contributed by atoms with Crippen molar-refractivity contribution in [2.45, 2.75) is 12.8 Å². The van der Waals surface area contributed by atoms with Crippen molar-refractivity contribution in [2.75, 3.05) is 0 Å². The number of aromatic amines is 1. The van der Waals surface area contributed by atoms with Crippen LogP contribution in [0.2, 0.25) is 0 Å². The predicted octanol–water partition coefficient (Wildman–Crippen LogP) is 1.66. The number of fused-ring (bicyclic) bond motifs is 5. The van der Waals surface area contributed by atoms with E-state index in [2.05, 4.69) is 16.0 Å². The van der Waals surface area contributed by atoms with E-state index in [9.17, 15) is 4.79 Å². The Hall–Kier alpha value is -2.87. The lowest BCUT2D eigenvalue weighted by molar-refractivity contribution is 0.995. The van der Waals surface area contributed by atoms with Crippen molar-refractivity contribution in [3.63, 3.8) is 0 Å². The molecule has 1 aliphatic carbocycles. The topological polar surface area (TPSA) is 73.9 Å². The largest absolute Gasteiger partial charge is 0.317 e. The lowest BCUT2D eigenvalue weighted by Crippen LogP contribution is -2.13. The van der Waals surface area contributed by atoms with Crippen LogP contribution in [0.1, 0.15) is 16.8 Å². The van der Waals surface area contributed by atoms with Crippen LogP contribution < -0.4 is 5.56 Å². The van der Waals surface area contributed by atoms with E-state index < -0.39 is 0 Å². The van der Waals surface area contributed by atoms with Crippen LogP contribution in [0.25, 0.3) is 16.9 Å². The molecule has 1 aromatic carbocycles. The summed E-state index contributed by atoms with van der Waals surface area (Å²) in [6.45, 7) is 0. The average molecular weight is 262 g/mol. The van der Waals surface area contributed by atoms with Gasteiger partial charge in [-0.25, -0.2) is 4.98 Å². The van der Waals surface area contributed by atoms with Gasteiger partial charge in [0, 0.05) is 24.4 Å². The molecule has 1 N–H and O–H groups in total. The zero-order valence-electron chi connectivity index (χ0n) is 10.6. The maximum atomic E-state index is 12.0. The second-order valence-electron chi connectivity index (χ2n) is 4.85. The van der Waals surface area contributed by atoms with E-state index in [1.807, 2.05) is 22.6 Å². The Morgan fingerprint density at radius 2 is 2.35 bits per heavy atom. The Balaban J connectivity index is 2.06. The van der Waals surface area contributed by atoms with Crippen molar-refractivity contribution in [3.8, 4) is 17.3 Å². The molecule has 0 atom stereocenters. The molecule has 0 spiro atoms. The number of hydrogen-bond donors (Lipinski definition) is 1. The Morgan fingerprint density at radius 1 is 1.45 bits per heavy atom. The fourth-order valence-corrected chi connectivity index (χ4v) is 2.94. The molecular formula is C15H10N4O. The third-order valence-electron chi connectivity index (χ3n) is 3.82. The number of imidazole rings is 1. The highest BCUT2D eigenvalue weighted by Gasteiger charge is 2.24. The number of nitriles is 1. The van der Waals surface area contributed by atoms with E-state index in [4.69, 9.17) is 5.26 Å². The van der Waals surface area contributed by atoms with Gasteiger partial charge < -0.3 is 4.98 Å². The van der Waals surface area contributed by atoms with E-state index in [0.717, 1.165) is 28.1 Å². The van der Waals surface area contributed by atoms with Gasteiger partial charge in [0.1, 0.15) is 0 Å². The lowest BCUT2D eigenvalue weighted by atomic mass is 10.0. The Labute approximate surface area is 114 Å². The molecule has 0 radical (unpaired) electrons. The highest BCUT2D eigenvalue weighted by Crippen LogP contribution is 2.36. The maximum absolute atomic E-state index is 12.0. The zero-order chi connectivity index (χ0) is 13.7. The molecule has 20 heavy (non-hydrogen) atoms. The van der Waals surface area contributed by atoms with Crippen molar-refractivity contribution < 1.29 is 0 Å². The van der Waals surface area contributed by atoms with E-state index >= 15 is 0 Å². The minimum Gasteiger partial charge on any atom is -0.317 e. The molecule has 2 aromatic heterocycles. The van der Waals surface area contributed by atoms with Crippen LogP contribution in [0.4, 0.5) is 0 Å². The summed E-state index contributed by atoms with van der Waals surface area (Å²) in [6.07, 6.45) is 4.53. The third-order valence-corrected chi connectivity index (χ3v) is 3.82. The van der Waals surface area contributed by atoms with Crippen molar-refractivity contribution >= 4 is 5.65 Å². The normalized spacial score (nSPS) is 12.2. The molecule has 4 rings (SSSR count). The fraction of sp³-hybridized carbons (Fsp3) is 0.133. The third kappa shape index (κ3) is 1.30. The minimum absolute atomic E-state index is 0.188. The molecular weight excluding hydrogens is 252 g/mol. The van der Waals surface area contributed by atoms with Gasteiger partial charge >= 0.3 is 0 Å². The number of benzene rings is 1. The van der Waals surface area contributed by atoms with Crippen molar-refractivity contribution in [2.24, 2.45) is 0 Å². The highest BCUT2D eigenvalue weighted by atomic mass is 16.1. The van der Waals surface area contributed by atoms with Crippen LogP contribution in [-0.2, 0) is 12.8 Å². The monoisotopic (exact) mass is 262 g/mol. The SMILES string of the molecule is N#CCc1cccc2c1Cc1c-2[nH]c(=O)c2nccn12. The summed E-state index contributed by atoms with van der Waals surface area (Å²) in [6, 6.07) is 8.08. The Morgan fingerprint density at radius 3 is 3.20 bits per heavy atom. The van der Waals surface area contributed by atoms with Crippen LogP contribution in [0, 0.1) is 11.3 Å². The number of hydrogen-bond acceptors (Lipinski definition) is 3. The van der Waals surface area contributed by atoms with Gasteiger partial charge in [0.2, 0.25) is 5.65 Å². The quantitative estimate of drug-likeness (QED) is 0.567. The van der Waals surface area contributed by atoms with Crippen molar-refractivity contribution in [3.05, 3.63) is 57.8 Å². The number of H-pyrrole nitrogens is 1. The number of rotatable bonds is 1. The first kappa shape index (κ1) is 11.0. The second kappa shape index (κ2) is 3.81. The van der Waals surface area contributed by atoms with Gasteiger partial charge in [-0.15, -0.1) is 0 Å². The molecule has 0 unspecified atom stereocenters. The summed E-state index contributed by atoms with van der Waals surface area (Å²) >= 11 is 0. The first-order valence-corrected chi connectivity index (χ1v) is 6.36. The number of aromatic nitrogens is 3. The van der Waals surface area contributed by atoms with E-state index in [1.165, 1.54) is 0 Å². The summed E-state index contributed by atoms with van der Waals surface area (Å²) in [5, 5.41) is 8.93. The summed E-state index contributed by atoms with van der Waals surface area (Å²) in [7, 11) is 0. The van der Waals surface area contributed by atoms with E-state index in [-0.39, 0.29) is 5.56 Å². The summed E-state index contributed by atoms with van der Waals surface area (Å²) in [5.41, 5.74) is 5.26. The maximum Gasteiger partial charge on any atom is 0.292 e. The first-order chi connectivity index (χ1) is 9.79. The molecule has 0 fully saturated rings. The molecule has 5 heteroatoms. The van der Waals surface area contributed by atoms with Crippen LogP contribution >= 0.6 is 0 Å². The van der Waals surface area contributed by atoms with Gasteiger partial charge in [-0.2, -0.15) is 5.26 Å². The smallest absolute Gasteiger partial charge is 0.292 e. The highest BCUT2D eigenvalue weighted by molar-refractivity contribution is 5.74. The molecule has 2 heterocycles. The summed E-state index contributed by atoms with van der Waals surface area (Å²) < 4.78 is 1.84. The molecule has 1 aliphatic rings. The van der Waals surface area contributed by atoms with Gasteiger partial charge in [-0.05, 0) is 11.1 Å². The molecule has 96 valence electrons. The minimum atomic E-state index is -0.188. The van der Waals surface area contributed by atoms with Crippen LogP contribution in [0.5, 0.6) is 0 Å². The molecule has 0 saturated heterocycles. The van der Waals surface area contributed by atoms with E-state index in [0.29, 0.717) is 18.5 Å². The second-order valence-corrected chi connectivity index (χ2v) is 4.85. The van der Waals surface area contributed by atoms with Gasteiger partial charge in [-0.1, -0.05) is 18.2 Å². The average Bonchev–Trinajstić information content (AvgIpc) is 3.04. The Kier molecular flexibility index (Phi) is 2.10. The first-order valence-electron chi connectivity index (χ1n) is 6.36. The molecule has 0 saturated carbocycles. The van der Waals surface area contributed by atoms with Gasteiger partial charge in [0.15, 0.2) is 0 Å². The van der Waals surface area contributed by atoms with Crippen LogP contribution in [0.15, 0.2) is 35.4 Å². The molecule has 0 aliphatic heterocycles. The van der Waals surface area contributed by atoms with Gasteiger partial charge in [0.25, 0.3) is 5.56 Å². The Bertz CT molecular complexity index is 943. The van der Waals surface area contributed by atoms with Crippen LogP contribution in [-0.4, -0.2) is 14.4 Å². The molecule has 0 bridgehead atoms. The molecule has 5 nitrogen and oxygen atoms in total. The summed E-state index contributed by atoms with van der Waals surface area (Å²) in [5.74, 6) is 0. The lowest BCUT2D eigenvalue weighted by Gasteiger charge is -2.04. The number of nitrogens with one attached hydrogen (secondary N) is 1. The summed E-state index contributed by atoms with van der Waals surface area (Å²) in [4.78, 5) is 19.0. The molecule has 3 aromatic rings. The predicted molar refractivity (Wildman–Crippen MR) is 73.4 cm³/mol. The van der Waals surface area contributed by atoms with Crippen molar-refractivity contribution in [1.82, 2.24) is 14.4 Å². The zero-order valence-corrected chi connectivity index (χ0v) is 10.6. The standard InChI is InChI=1S/C15H10N4O/c16-5-4-9-2-1-3-10-11(9)8-12-13(10)18-15(20)14-17-6-7-19(12)14/h1-3,6-7H,4,8H2,(H,18,20). The molecule has 0 amide bonds. The van der Waals surface area contributed by atoms with Crippen LogP contribution in [0.3, 0.4) is 0 Å². The van der Waals surface area contributed by atoms with Gasteiger partial charge in [-0.3, -0.25) is 9.20 Å².